The van der Waals surface area contributed by atoms with Crippen LogP contribution in [0.15, 0.2) is 0 Å². The van der Waals surface area contributed by atoms with Crippen molar-refractivity contribution in [1.82, 2.24) is 4.90 Å². The van der Waals surface area contributed by atoms with Gasteiger partial charge in [0, 0.05) is 20.2 Å². The van der Waals surface area contributed by atoms with Gasteiger partial charge in [-0.2, -0.15) is 0 Å². The van der Waals surface area contributed by atoms with E-state index in [-0.39, 0.29) is 12.2 Å². The van der Waals surface area contributed by atoms with Crippen LogP contribution in [0.25, 0.3) is 0 Å². The van der Waals surface area contributed by atoms with Crippen LogP contribution in [0, 0.1) is 0 Å². The van der Waals surface area contributed by atoms with Crippen LogP contribution < -0.4 is 0 Å². The van der Waals surface area contributed by atoms with E-state index in [0.717, 1.165) is 13.1 Å². The molecular weight excluding hydrogens is 118 g/mol. The number of aliphatic hydroxyl groups is 1. The van der Waals surface area contributed by atoms with Crippen molar-refractivity contribution in [3.8, 4) is 0 Å². The molecule has 0 spiro atoms. The fourth-order valence-corrected chi connectivity index (χ4v) is 1.17. The van der Waals surface area contributed by atoms with Gasteiger partial charge in [0.15, 0.2) is 0 Å². The van der Waals surface area contributed by atoms with Crippen molar-refractivity contribution in [3.63, 3.8) is 0 Å². The SMILES string of the molecule is CO[C@@H]1CN(C)C[C@@H]1O. The number of hydrogen-bond donors (Lipinski definition) is 1. The molecule has 0 unspecified atom stereocenters. The number of hydrogen-bond acceptors (Lipinski definition) is 3. The van der Waals surface area contributed by atoms with Gasteiger partial charge in [0.1, 0.15) is 0 Å². The molecule has 0 aromatic rings. The highest BCUT2D eigenvalue weighted by molar-refractivity contribution is 4.81. The summed E-state index contributed by atoms with van der Waals surface area (Å²) in [5, 5.41) is 9.19. The van der Waals surface area contributed by atoms with Crippen LogP contribution in [-0.4, -0.2) is 49.5 Å². The monoisotopic (exact) mass is 131 g/mol. The van der Waals surface area contributed by atoms with Gasteiger partial charge in [-0.05, 0) is 7.05 Å². The third-order valence-corrected chi connectivity index (χ3v) is 1.72. The third-order valence-electron chi connectivity index (χ3n) is 1.72. The lowest BCUT2D eigenvalue weighted by Crippen LogP contribution is -2.25. The standard InChI is InChI=1S/C6H13NO2/c1-7-3-5(8)6(4-7)9-2/h5-6,8H,3-4H2,1-2H3/t5-,6+/m0/s1. The number of ether oxygens (including phenoxy) is 1. The van der Waals surface area contributed by atoms with Gasteiger partial charge < -0.3 is 14.7 Å². The first-order chi connectivity index (χ1) is 4.24. The Bertz CT molecular complexity index is 97.1. The molecule has 0 amide bonds. The predicted molar refractivity (Wildman–Crippen MR) is 34.3 cm³/mol. The summed E-state index contributed by atoms with van der Waals surface area (Å²) < 4.78 is 5.00. The Morgan fingerprint density at radius 2 is 2.22 bits per heavy atom. The summed E-state index contributed by atoms with van der Waals surface area (Å²) in [6.07, 6.45) is -0.269. The highest BCUT2D eigenvalue weighted by atomic mass is 16.5. The average Bonchev–Trinajstić information content (AvgIpc) is 2.10. The van der Waals surface area contributed by atoms with Crippen LogP contribution in [0.5, 0.6) is 0 Å². The summed E-state index contributed by atoms with van der Waals surface area (Å²) >= 11 is 0. The molecule has 3 heteroatoms. The molecule has 2 atom stereocenters. The summed E-state index contributed by atoms with van der Waals surface area (Å²) in [6.45, 7) is 1.58. The quantitative estimate of drug-likeness (QED) is 0.511. The second kappa shape index (κ2) is 2.64. The lowest BCUT2D eigenvalue weighted by atomic mass is 10.3. The van der Waals surface area contributed by atoms with Crippen LogP contribution in [0.1, 0.15) is 0 Å². The molecule has 0 aromatic heterocycles. The Kier molecular flexibility index (Phi) is 2.05. The van der Waals surface area contributed by atoms with Crippen LogP contribution in [0.4, 0.5) is 0 Å². The number of aliphatic hydroxyl groups excluding tert-OH is 1. The zero-order chi connectivity index (χ0) is 6.85. The van der Waals surface area contributed by atoms with Crippen molar-refractivity contribution in [2.75, 3.05) is 27.2 Å². The highest BCUT2D eigenvalue weighted by Gasteiger charge is 2.28. The zero-order valence-corrected chi connectivity index (χ0v) is 5.87. The van der Waals surface area contributed by atoms with Gasteiger partial charge in [-0.15, -0.1) is 0 Å². The first-order valence-electron chi connectivity index (χ1n) is 3.13. The van der Waals surface area contributed by atoms with E-state index in [2.05, 4.69) is 4.90 Å². The van der Waals surface area contributed by atoms with Gasteiger partial charge in [-0.3, -0.25) is 0 Å². The molecule has 1 rings (SSSR count). The molecule has 1 N–H and O–H groups in total. The largest absolute Gasteiger partial charge is 0.389 e. The van der Waals surface area contributed by atoms with Crippen LogP contribution in [-0.2, 0) is 4.74 Å². The van der Waals surface area contributed by atoms with Crippen molar-refractivity contribution < 1.29 is 9.84 Å². The maximum Gasteiger partial charge on any atom is 0.0969 e. The second-order valence-electron chi connectivity index (χ2n) is 2.56. The highest BCUT2D eigenvalue weighted by Crippen LogP contribution is 2.09. The van der Waals surface area contributed by atoms with E-state index in [9.17, 15) is 5.11 Å². The van der Waals surface area contributed by atoms with Crippen LogP contribution in [0.2, 0.25) is 0 Å². The minimum atomic E-state index is -0.292. The predicted octanol–water partition coefficient (Wildman–Crippen LogP) is -0.692. The van der Waals surface area contributed by atoms with Crippen LogP contribution in [0.3, 0.4) is 0 Å². The topological polar surface area (TPSA) is 32.7 Å². The van der Waals surface area contributed by atoms with Crippen molar-refractivity contribution in [1.29, 1.82) is 0 Å². The molecule has 0 saturated carbocycles. The third kappa shape index (κ3) is 1.41. The summed E-state index contributed by atoms with van der Waals surface area (Å²) in [7, 11) is 3.61. The van der Waals surface area contributed by atoms with Gasteiger partial charge >= 0.3 is 0 Å². The second-order valence-corrected chi connectivity index (χ2v) is 2.56. The Labute approximate surface area is 55.2 Å². The van der Waals surface area contributed by atoms with E-state index in [1.807, 2.05) is 7.05 Å². The minimum Gasteiger partial charge on any atom is -0.389 e. The lowest BCUT2D eigenvalue weighted by molar-refractivity contribution is 0.0215. The normalized spacial score (nSPS) is 37.7. The maximum absolute atomic E-state index is 9.19. The van der Waals surface area contributed by atoms with Gasteiger partial charge in [0.05, 0.1) is 12.2 Å². The molecule has 1 aliphatic heterocycles. The molecule has 1 fully saturated rings. The zero-order valence-electron chi connectivity index (χ0n) is 5.87. The van der Waals surface area contributed by atoms with Crippen LogP contribution >= 0.6 is 0 Å². The maximum atomic E-state index is 9.19. The Morgan fingerprint density at radius 1 is 1.56 bits per heavy atom. The summed E-state index contributed by atoms with van der Waals surface area (Å²) in [4.78, 5) is 2.05. The number of rotatable bonds is 1. The Hall–Kier alpha value is -0.120. The summed E-state index contributed by atoms with van der Waals surface area (Å²) in [5.41, 5.74) is 0. The summed E-state index contributed by atoms with van der Waals surface area (Å²) in [5.74, 6) is 0. The molecule has 3 nitrogen and oxygen atoms in total. The van der Waals surface area contributed by atoms with E-state index in [0.29, 0.717) is 0 Å². The molecule has 1 heterocycles. The van der Waals surface area contributed by atoms with Gasteiger partial charge in [-0.25, -0.2) is 0 Å². The van der Waals surface area contributed by atoms with E-state index >= 15 is 0 Å². The number of β-amino-alcohol motifs (C(OH)–C–C–N with tert-alkyl or cyclic N) is 1. The van der Waals surface area contributed by atoms with Crippen molar-refractivity contribution in [3.05, 3.63) is 0 Å². The molecule has 0 radical (unpaired) electrons. The van der Waals surface area contributed by atoms with E-state index in [1.54, 1.807) is 7.11 Å². The Balaban J connectivity index is 2.38. The van der Waals surface area contributed by atoms with E-state index in [4.69, 9.17) is 4.74 Å². The van der Waals surface area contributed by atoms with Crippen molar-refractivity contribution >= 4 is 0 Å². The molecule has 1 aliphatic rings. The fourth-order valence-electron chi connectivity index (χ4n) is 1.17. The first kappa shape index (κ1) is 6.99. The number of likely N-dealkylation sites (N-methyl/N-ethyl adjacent to an activating group) is 1. The molecule has 0 bridgehead atoms. The molecule has 1 saturated heterocycles. The van der Waals surface area contributed by atoms with E-state index < -0.39 is 0 Å². The number of likely N-dealkylation sites (tertiary alicyclic amines) is 1. The molecule has 9 heavy (non-hydrogen) atoms. The first-order valence-corrected chi connectivity index (χ1v) is 3.13. The smallest absolute Gasteiger partial charge is 0.0969 e. The van der Waals surface area contributed by atoms with Crippen molar-refractivity contribution in [2.45, 2.75) is 12.2 Å². The van der Waals surface area contributed by atoms with Gasteiger partial charge in [-0.1, -0.05) is 0 Å². The van der Waals surface area contributed by atoms with E-state index in [1.165, 1.54) is 0 Å². The molecule has 54 valence electrons. The lowest BCUT2D eigenvalue weighted by Gasteiger charge is -2.09. The molecule has 0 aliphatic carbocycles. The summed E-state index contributed by atoms with van der Waals surface area (Å²) in [6, 6.07) is 0. The minimum absolute atomic E-state index is 0.0231. The fraction of sp³-hybridized carbons (Fsp3) is 1.00. The van der Waals surface area contributed by atoms with Gasteiger partial charge in [0.25, 0.3) is 0 Å². The molecule has 0 aromatic carbocycles. The van der Waals surface area contributed by atoms with Crippen molar-refractivity contribution in [2.24, 2.45) is 0 Å². The number of nitrogens with zero attached hydrogens (tertiary/aromatic N) is 1. The average molecular weight is 131 g/mol. The molecular formula is C6H13NO2. The number of methoxy groups -OCH3 is 1. The Morgan fingerprint density at radius 3 is 2.44 bits per heavy atom. The van der Waals surface area contributed by atoms with Gasteiger partial charge in [0.2, 0.25) is 0 Å².